The molecule has 0 aliphatic heterocycles. The molecule has 0 rings (SSSR count). The van der Waals surface area contributed by atoms with Gasteiger partial charge in [-0.2, -0.15) is 12.6 Å². The molecule has 0 amide bonds. The van der Waals surface area contributed by atoms with Crippen molar-refractivity contribution in [2.75, 3.05) is 19.0 Å². The fraction of sp³-hybridized carbons (Fsp3) is 0.895. The molecule has 0 bridgehead atoms. The Morgan fingerprint density at radius 2 is 1.44 bits per heavy atom. The van der Waals surface area contributed by atoms with Crippen molar-refractivity contribution >= 4 is 33.3 Å². The van der Waals surface area contributed by atoms with Crippen molar-refractivity contribution in [3.8, 4) is 0 Å². The molecule has 158 valence electrons. The van der Waals surface area contributed by atoms with Crippen molar-refractivity contribution in [2.24, 2.45) is 0 Å². The molecule has 8 heteroatoms. The molecule has 0 saturated carbocycles. The summed E-state index contributed by atoms with van der Waals surface area (Å²) in [7, 11) is -0.493. The Morgan fingerprint density at radius 1 is 0.852 bits per heavy atom. The molecule has 0 heterocycles. The minimum atomic E-state index is -0.728. The van der Waals surface area contributed by atoms with E-state index in [1.807, 2.05) is 0 Å². The topological polar surface area (TPSA) is 78.9 Å². The standard InChI is InChI=1S/C19H35O6PS/c1-2-3-4-6-10-13-19(21)25-17(16-24-26-22)15-23-18(20)12-9-7-5-8-11-14-27/h17,27H,2-16H2,1H3/t17-/m0/s1. The fourth-order valence-electron chi connectivity index (χ4n) is 2.52. The highest BCUT2D eigenvalue weighted by molar-refractivity contribution is 7.80. The van der Waals surface area contributed by atoms with Crippen molar-refractivity contribution in [3.63, 3.8) is 0 Å². The van der Waals surface area contributed by atoms with E-state index in [9.17, 15) is 14.2 Å². The third kappa shape index (κ3) is 18.5. The molecule has 0 spiro atoms. The maximum absolute atomic E-state index is 11.9. The number of rotatable bonds is 19. The van der Waals surface area contributed by atoms with E-state index >= 15 is 0 Å². The van der Waals surface area contributed by atoms with Gasteiger partial charge in [0.05, 0.1) is 0 Å². The van der Waals surface area contributed by atoms with Crippen LogP contribution < -0.4 is 0 Å². The van der Waals surface area contributed by atoms with Crippen molar-refractivity contribution in [1.29, 1.82) is 0 Å². The van der Waals surface area contributed by atoms with E-state index in [2.05, 4.69) is 19.6 Å². The van der Waals surface area contributed by atoms with Gasteiger partial charge < -0.3 is 9.47 Å². The SMILES string of the molecule is CCCCCCCC(=O)O[C@H](COP=O)COC(=O)CCCCCCCS. The highest BCUT2D eigenvalue weighted by atomic mass is 32.1. The number of unbranched alkanes of at least 4 members (excludes halogenated alkanes) is 8. The van der Waals surface area contributed by atoms with Crippen LogP contribution in [0.25, 0.3) is 0 Å². The van der Waals surface area contributed by atoms with E-state index in [4.69, 9.17) is 14.0 Å². The van der Waals surface area contributed by atoms with Crippen LogP contribution in [0.1, 0.15) is 84.0 Å². The maximum atomic E-state index is 11.9. The zero-order chi connectivity index (χ0) is 20.2. The molecule has 0 N–H and O–H groups in total. The Labute approximate surface area is 170 Å². The second-order valence-electron chi connectivity index (χ2n) is 6.57. The second-order valence-corrected chi connectivity index (χ2v) is 7.43. The highest BCUT2D eigenvalue weighted by Crippen LogP contribution is 2.10. The number of carbonyl (C=O) groups excluding carboxylic acids is 2. The monoisotopic (exact) mass is 422 g/mol. The van der Waals surface area contributed by atoms with Crippen molar-refractivity contribution in [3.05, 3.63) is 0 Å². The number of hydrogen-bond donors (Lipinski definition) is 1. The Hall–Kier alpha value is -0.650. The molecule has 0 aromatic rings. The third-order valence-corrected chi connectivity index (χ3v) is 4.64. The van der Waals surface area contributed by atoms with Gasteiger partial charge >= 0.3 is 20.6 Å². The van der Waals surface area contributed by atoms with Crippen LogP contribution in [-0.2, 0) is 28.2 Å². The van der Waals surface area contributed by atoms with E-state index in [-0.39, 0.29) is 25.2 Å². The van der Waals surface area contributed by atoms with Gasteiger partial charge in [-0.15, -0.1) is 0 Å². The molecule has 27 heavy (non-hydrogen) atoms. The van der Waals surface area contributed by atoms with Crippen molar-refractivity contribution in [1.82, 2.24) is 0 Å². The van der Waals surface area contributed by atoms with Gasteiger partial charge in [-0.1, -0.05) is 51.9 Å². The van der Waals surface area contributed by atoms with Gasteiger partial charge in [-0.25, -0.2) is 4.57 Å². The molecule has 1 atom stereocenters. The molecular weight excluding hydrogens is 387 g/mol. The van der Waals surface area contributed by atoms with Gasteiger partial charge in [0.15, 0.2) is 6.10 Å². The lowest BCUT2D eigenvalue weighted by Gasteiger charge is -2.16. The Kier molecular flexibility index (Phi) is 19.6. The minimum Gasteiger partial charge on any atom is -0.462 e. The summed E-state index contributed by atoms with van der Waals surface area (Å²) in [5.41, 5.74) is 0. The van der Waals surface area contributed by atoms with Crippen LogP contribution in [0.3, 0.4) is 0 Å². The number of esters is 2. The van der Waals surface area contributed by atoms with Crippen molar-refractivity contribution in [2.45, 2.75) is 90.1 Å². The zero-order valence-electron chi connectivity index (χ0n) is 16.5. The molecule has 0 aromatic heterocycles. The van der Waals surface area contributed by atoms with E-state index in [0.29, 0.717) is 12.8 Å². The van der Waals surface area contributed by atoms with Gasteiger partial charge in [0.25, 0.3) is 0 Å². The second kappa shape index (κ2) is 20.1. The lowest BCUT2D eigenvalue weighted by molar-refractivity contribution is -0.160. The van der Waals surface area contributed by atoms with Gasteiger partial charge in [0.1, 0.15) is 13.2 Å². The van der Waals surface area contributed by atoms with Gasteiger partial charge in [-0.3, -0.25) is 14.1 Å². The smallest absolute Gasteiger partial charge is 0.327 e. The molecule has 0 fully saturated rings. The van der Waals surface area contributed by atoms with Crippen LogP contribution in [0.5, 0.6) is 0 Å². The quantitative estimate of drug-likeness (QED) is 0.132. The highest BCUT2D eigenvalue weighted by Gasteiger charge is 2.17. The lowest BCUT2D eigenvalue weighted by Crippen LogP contribution is -2.28. The summed E-state index contributed by atoms with van der Waals surface area (Å²) in [6.45, 7) is 2.00. The van der Waals surface area contributed by atoms with E-state index < -0.39 is 14.8 Å². The van der Waals surface area contributed by atoms with Crippen LogP contribution in [-0.4, -0.2) is 37.0 Å². The van der Waals surface area contributed by atoms with Crippen LogP contribution in [0.2, 0.25) is 0 Å². The summed E-state index contributed by atoms with van der Waals surface area (Å²) in [6, 6.07) is 0. The number of hydrogen-bond acceptors (Lipinski definition) is 7. The summed E-state index contributed by atoms with van der Waals surface area (Å²) in [5, 5.41) is 0. The van der Waals surface area contributed by atoms with Crippen LogP contribution in [0.15, 0.2) is 0 Å². The third-order valence-electron chi connectivity index (χ3n) is 4.06. The molecule has 0 saturated heterocycles. The Balaban J connectivity index is 3.98. The molecular formula is C19H35O6PS. The summed E-state index contributed by atoms with van der Waals surface area (Å²) in [5.74, 6) is 0.235. The predicted molar refractivity (Wildman–Crippen MR) is 109 cm³/mol. The normalized spacial score (nSPS) is 12.1. The summed E-state index contributed by atoms with van der Waals surface area (Å²) in [6.07, 6.45) is 10.2. The first-order valence-electron chi connectivity index (χ1n) is 10.0. The maximum Gasteiger partial charge on any atom is 0.327 e. The molecule has 0 unspecified atom stereocenters. The molecule has 0 aliphatic carbocycles. The summed E-state index contributed by atoms with van der Waals surface area (Å²) >= 11 is 4.16. The number of carbonyl (C=O) groups is 2. The minimum absolute atomic E-state index is 0.0658. The van der Waals surface area contributed by atoms with Gasteiger partial charge in [-0.05, 0) is 25.0 Å². The van der Waals surface area contributed by atoms with Gasteiger partial charge in [0, 0.05) is 12.8 Å². The first kappa shape index (κ1) is 26.4. The Bertz CT molecular complexity index is 394. The molecule has 6 nitrogen and oxygen atoms in total. The van der Waals surface area contributed by atoms with E-state index in [1.54, 1.807) is 0 Å². The summed E-state index contributed by atoms with van der Waals surface area (Å²) < 4.78 is 25.7. The fourth-order valence-corrected chi connectivity index (χ4v) is 2.97. The van der Waals surface area contributed by atoms with Crippen molar-refractivity contribution < 1.29 is 28.2 Å². The first-order chi connectivity index (χ1) is 13.1. The van der Waals surface area contributed by atoms with Crippen LogP contribution >= 0.6 is 21.3 Å². The molecule has 0 aromatic carbocycles. The average molecular weight is 423 g/mol. The zero-order valence-corrected chi connectivity index (χ0v) is 18.3. The first-order valence-corrected chi connectivity index (χ1v) is 11.4. The molecule has 0 aliphatic rings. The van der Waals surface area contributed by atoms with Crippen LogP contribution in [0.4, 0.5) is 0 Å². The number of ether oxygens (including phenoxy) is 2. The van der Waals surface area contributed by atoms with E-state index in [1.165, 1.54) is 6.42 Å². The van der Waals surface area contributed by atoms with Crippen LogP contribution in [0, 0.1) is 0 Å². The van der Waals surface area contributed by atoms with Gasteiger partial charge in [0.2, 0.25) is 0 Å². The largest absolute Gasteiger partial charge is 0.462 e. The Morgan fingerprint density at radius 3 is 2.07 bits per heavy atom. The number of thiol groups is 1. The summed E-state index contributed by atoms with van der Waals surface area (Å²) in [4.78, 5) is 23.7. The predicted octanol–water partition coefficient (Wildman–Crippen LogP) is 5.30. The molecule has 0 radical (unpaired) electrons. The van der Waals surface area contributed by atoms with E-state index in [0.717, 1.165) is 63.5 Å². The lowest BCUT2D eigenvalue weighted by atomic mass is 10.1. The average Bonchev–Trinajstić information content (AvgIpc) is 2.66.